The number of halogens is 2. The summed E-state index contributed by atoms with van der Waals surface area (Å²) in [5, 5.41) is 13.4. The van der Waals surface area contributed by atoms with Gasteiger partial charge < -0.3 is 5.32 Å². The van der Waals surface area contributed by atoms with E-state index >= 15 is 0 Å². The fourth-order valence-electron chi connectivity index (χ4n) is 2.23. The fraction of sp³-hybridized carbons (Fsp3) is 0.0526. The Labute approximate surface area is 170 Å². The van der Waals surface area contributed by atoms with Crippen LogP contribution in [0, 0.1) is 11.3 Å². The molecule has 0 atom stereocenters. The maximum absolute atomic E-state index is 12.2. The Balaban J connectivity index is 1.73. The van der Waals surface area contributed by atoms with Gasteiger partial charge in [-0.25, -0.2) is 4.98 Å². The fourth-order valence-corrected chi connectivity index (χ4v) is 3.46. The largest absolute Gasteiger partial charge is 0.324 e. The predicted molar refractivity (Wildman–Crippen MR) is 108 cm³/mol. The van der Waals surface area contributed by atoms with E-state index in [1.165, 1.54) is 11.8 Å². The number of aromatic nitrogens is 2. The second-order valence-corrected chi connectivity index (χ2v) is 7.17. The molecule has 2 aromatic heterocycles. The average molecular weight is 415 g/mol. The van der Waals surface area contributed by atoms with Crippen LogP contribution in [0.1, 0.15) is 5.56 Å². The molecule has 0 radical (unpaired) electrons. The van der Waals surface area contributed by atoms with Gasteiger partial charge in [-0.05, 0) is 42.5 Å². The van der Waals surface area contributed by atoms with Crippen LogP contribution in [-0.2, 0) is 4.79 Å². The van der Waals surface area contributed by atoms with Gasteiger partial charge in [0.2, 0.25) is 5.91 Å². The Morgan fingerprint density at radius 2 is 1.93 bits per heavy atom. The summed E-state index contributed by atoms with van der Waals surface area (Å²) in [6.45, 7) is 0. The van der Waals surface area contributed by atoms with Crippen molar-refractivity contribution in [2.24, 2.45) is 0 Å². The minimum atomic E-state index is -0.260. The monoisotopic (exact) mass is 414 g/mol. The van der Waals surface area contributed by atoms with Crippen molar-refractivity contribution in [2.75, 3.05) is 11.1 Å². The lowest BCUT2D eigenvalue weighted by atomic mass is 10.1. The predicted octanol–water partition coefficient (Wildman–Crippen LogP) is 5.05. The van der Waals surface area contributed by atoms with Gasteiger partial charge in [-0.2, -0.15) is 5.26 Å². The number of hydrogen-bond donors (Lipinski definition) is 1. The van der Waals surface area contributed by atoms with Gasteiger partial charge in [0, 0.05) is 23.0 Å². The molecule has 3 rings (SSSR count). The number of rotatable bonds is 5. The van der Waals surface area contributed by atoms with E-state index < -0.39 is 0 Å². The van der Waals surface area contributed by atoms with Crippen molar-refractivity contribution in [3.63, 3.8) is 0 Å². The first-order chi connectivity index (χ1) is 13.1. The molecule has 3 aromatic rings. The minimum Gasteiger partial charge on any atom is -0.324 e. The van der Waals surface area contributed by atoms with E-state index in [2.05, 4.69) is 21.4 Å². The molecule has 134 valence electrons. The molecule has 0 aliphatic carbocycles. The first-order valence-electron chi connectivity index (χ1n) is 7.76. The maximum atomic E-state index is 12.2. The van der Waals surface area contributed by atoms with Gasteiger partial charge in [-0.15, -0.1) is 0 Å². The highest BCUT2D eigenvalue weighted by molar-refractivity contribution is 8.00. The zero-order valence-corrected chi connectivity index (χ0v) is 16.1. The quantitative estimate of drug-likeness (QED) is 0.590. The first kappa shape index (κ1) is 19.2. The Bertz CT molecular complexity index is 1020. The van der Waals surface area contributed by atoms with Crippen molar-refractivity contribution in [1.29, 1.82) is 5.26 Å². The Kier molecular flexibility index (Phi) is 6.30. The third-order valence-electron chi connectivity index (χ3n) is 3.50. The second kappa shape index (κ2) is 8.87. The molecule has 2 heterocycles. The molecule has 0 aliphatic rings. The maximum Gasteiger partial charge on any atom is 0.234 e. The summed E-state index contributed by atoms with van der Waals surface area (Å²) in [5.41, 5.74) is 2.48. The highest BCUT2D eigenvalue weighted by atomic mass is 35.5. The van der Waals surface area contributed by atoms with E-state index in [1.54, 1.807) is 42.7 Å². The number of nitrogens with zero attached hydrogens (tertiary/aromatic N) is 3. The first-order valence-corrected chi connectivity index (χ1v) is 9.50. The second-order valence-electron chi connectivity index (χ2n) is 5.36. The highest BCUT2D eigenvalue weighted by Crippen LogP contribution is 2.27. The summed E-state index contributed by atoms with van der Waals surface area (Å²) in [6, 6.07) is 14.1. The molecule has 0 bridgehead atoms. The number of nitriles is 1. The minimum absolute atomic E-state index is 0.0838. The Morgan fingerprint density at radius 3 is 2.63 bits per heavy atom. The number of benzene rings is 1. The number of carbonyl (C=O) groups is 1. The average Bonchev–Trinajstić information content (AvgIpc) is 2.69. The summed E-state index contributed by atoms with van der Waals surface area (Å²) in [6.07, 6.45) is 3.34. The number of carbonyl (C=O) groups excluding carboxylic acids is 1. The lowest BCUT2D eigenvalue weighted by molar-refractivity contribution is -0.113. The standard InChI is InChI=1S/C19H12Cl2N4OS/c20-14-2-4-17(15(21)9-14)24-18(26)11-27-19-13(10-22)1-3-16(25-19)12-5-7-23-8-6-12/h1-9H,11H2,(H,24,26). The van der Waals surface area contributed by atoms with Crippen LogP contribution in [0.25, 0.3) is 11.3 Å². The molecule has 0 saturated heterocycles. The zero-order chi connectivity index (χ0) is 19.2. The van der Waals surface area contributed by atoms with Crippen molar-refractivity contribution in [3.05, 3.63) is 70.5 Å². The molecule has 5 nitrogen and oxygen atoms in total. The van der Waals surface area contributed by atoms with E-state index in [0.29, 0.717) is 32.0 Å². The molecule has 1 aromatic carbocycles. The number of thioether (sulfide) groups is 1. The van der Waals surface area contributed by atoms with Gasteiger partial charge in [-0.1, -0.05) is 35.0 Å². The summed E-state index contributed by atoms with van der Waals surface area (Å²) in [5.74, 6) is -0.176. The Hall–Kier alpha value is -2.59. The molecule has 8 heteroatoms. The molecule has 1 amide bonds. The van der Waals surface area contributed by atoms with Gasteiger partial charge in [0.05, 0.1) is 27.7 Å². The SMILES string of the molecule is N#Cc1ccc(-c2ccncc2)nc1SCC(=O)Nc1ccc(Cl)cc1Cl. The van der Waals surface area contributed by atoms with E-state index in [0.717, 1.165) is 5.56 Å². The molecule has 27 heavy (non-hydrogen) atoms. The topological polar surface area (TPSA) is 78.7 Å². The van der Waals surface area contributed by atoms with Crippen molar-refractivity contribution in [3.8, 4) is 17.3 Å². The van der Waals surface area contributed by atoms with Crippen LogP contribution in [0.3, 0.4) is 0 Å². The van der Waals surface area contributed by atoms with E-state index in [-0.39, 0.29) is 11.7 Å². The summed E-state index contributed by atoms with van der Waals surface area (Å²) >= 11 is 13.1. The number of hydrogen-bond acceptors (Lipinski definition) is 5. The van der Waals surface area contributed by atoms with Gasteiger partial charge >= 0.3 is 0 Å². The van der Waals surface area contributed by atoms with E-state index in [4.69, 9.17) is 23.2 Å². The molecular formula is C19H12Cl2N4OS. The normalized spacial score (nSPS) is 10.3. The third kappa shape index (κ3) is 4.98. The number of pyridine rings is 2. The van der Waals surface area contributed by atoms with E-state index in [1.807, 2.05) is 12.1 Å². The zero-order valence-electron chi connectivity index (χ0n) is 13.8. The van der Waals surface area contributed by atoms with Crippen LogP contribution in [0.4, 0.5) is 5.69 Å². The lowest BCUT2D eigenvalue weighted by Crippen LogP contribution is -2.14. The van der Waals surface area contributed by atoms with Crippen LogP contribution in [-0.4, -0.2) is 21.6 Å². The molecule has 1 N–H and O–H groups in total. The lowest BCUT2D eigenvalue weighted by Gasteiger charge is -2.09. The molecule has 0 unspecified atom stereocenters. The van der Waals surface area contributed by atoms with Crippen LogP contribution < -0.4 is 5.32 Å². The van der Waals surface area contributed by atoms with Gasteiger partial charge in [0.25, 0.3) is 0 Å². The van der Waals surface area contributed by atoms with Gasteiger partial charge in [0.1, 0.15) is 11.1 Å². The van der Waals surface area contributed by atoms with Crippen molar-refractivity contribution in [2.45, 2.75) is 5.03 Å². The van der Waals surface area contributed by atoms with Crippen molar-refractivity contribution >= 4 is 46.6 Å². The van der Waals surface area contributed by atoms with Crippen molar-refractivity contribution < 1.29 is 4.79 Å². The number of amides is 1. The van der Waals surface area contributed by atoms with Crippen molar-refractivity contribution in [1.82, 2.24) is 9.97 Å². The summed E-state index contributed by atoms with van der Waals surface area (Å²) in [4.78, 5) is 20.7. The molecular weight excluding hydrogens is 403 g/mol. The number of nitrogens with one attached hydrogen (secondary N) is 1. The van der Waals surface area contributed by atoms with Crippen LogP contribution >= 0.6 is 35.0 Å². The Morgan fingerprint density at radius 1 is 1.15 bits per heavy atom. The molecule has 0 aliphatic heterocycles. The molecule has 0 spiro atoms. The van der Waals surface area contributed by atoms with Crippen LogP contribution in [0.2, 0.25) is 10.0 Å². The third-order valence-corrected chi connectivity index (χ3v) is 5.04. The van der Waals surface area contributed by atoms with Crippen LogP contribution in [0.15, 0.2) is 59.9 Å². The smallest absolute Gasteiger partial charge is 0.234 e. The van der Waals surface area contributed by atoms with Crippen LogP contribution in [0.5, 0.6) is 0 Å². The summed E-state index contributed by atoms with van der Waals surface area (Å²) < 4.78 is 0. The summed E-state index contributed by atoms with van der Waals surface area (Å²) in [7, 11) is 0. The van der Waals surface area contributed by atoms with E-state index in [9.17, 15) is 10.1 Å². The van der Waals surface area contributed by atoms with Gasteiger partial charge in [-0.3, -0.25) is 9.78 Å². The molecule has 0 fully saturated rings. The highest BCUT2D eigenvalue weighted by Gasteiger charge is 2.12. The number of anilines is 1. The van der Waals surface area contributed by atoms with Gasteiger partial charge in [0.15, 0.2) is 0 Å². The molecule has 0 saturated carbocycles.